The number of likely N-dealkylation sites (N-methyl/N-ethyl adjacent to an activating group) is 1. The molecule has 0 radical (unpaired) electrons. The molecule has 2 unspecified atom stereocenters. The zero-order chi connectivity index (χ0) is 40.7. The van der Waals surface area contributed by atoms with Gasteiger partial charge in [0, 0.05) is 44.9 Å². The maximum Gasteiger partial charge on any atom is 0.458 e. The van der Waals surface area contributed by atoms with Crippen molar-refractivity contribution >= 4 is 13.7 Å². The minimum Gasteiger partial charge on any atom is -0.413 e. The number of H-pyrrole nitrogens is 1. The largest absolute Gasteiger partial charge is 0.458 e. The maximum absolute atomic E-state index is 15.7. The van der Waals surface area contributed by atoms with Crippen molar-refractivity contribution in [3.05, 3.63) is 124 Å². The number of nitrogens with one attached hydrogen (secondary N) is 3. The molecule has 1 saturated heterocycles. The number of aliphatic hydroxyl groups excluding tert-OH is 1. The van der Waals surface area contributed by atoms with Gasteiger partial charge in [-0.25, -0.2) is 18.8 Å². The molecule has 1 aliphatic heterocycles. The molecule has 4 N–H and O–H groups in total. The molecule has 13 nitrogen and oxygen atoms in total. The Morgan fingerprint density at radius 2 is 1.59 bits per heavy atom. The van der Waals surface area contributed by atoms with Crippen molar-refractivity contribution in [3.63, 3.8) is 0 Å². The van der Waals surface area contributed by atoms with Gasteiger partial charge in [0.2, 0.25) is 5.91 Å². The predicted molar refractivity (Wildman–Crippen MR) is 218 cm³/mol. The van der Waals surface area contributed by atoms with E-state index in [1.165, 1.54) is 0 Å². The van der Waals surface area contributed by atoms with Crippen LogP contribution in [0.4, 0.5) is 4.39 Å². The average molecular weight is 800 g/mol. The summed E-state index contributed by atoms with van der Waals surface area (Å²) in [5.74, 6) is 0.230. The monoisotopic (exact) mass is 799 g/mol. The molecule has 308 valence electrons. The third kappa shape index (κ3) is 16.9. The first-order valence-electron chi connectivity index (χ1n) is 19.2. The minimum atomic E-state index is -4.10. The van der Waals surface area contributed by atoms with Gasteiger partial charge >= 0.3 is 13.4 Å². The number of ether oxygens (including phenoxy) is 1. The number of unbranched alkanes of at least 4 members (excludes halogenated alkanes) is 1. The quantitative estimate of drug-likeness (QED) is 0.0484. The molecule has 1 amide bonds. The van der Waals surface area contributed by atoms with E-state index >= 15 is 4.39 Å². The van der Waals surface area contributed by atoms with E-state index in [0.717, 1.165) is 68.7 Å². The highest BCUT2D eigenvalue weighted by molar-refractivity contribution is 7.52. The molecule has 15 heteroatoms. The van der Waals surface area contributed by atoms with Crippen molar-refractivity contribution in [2.24, 2.45) is 0 Å². The van der Waals surface area contributed by atoms with Gasteiger partial charge in [0.15, 0.2) is 11.9 Å². The number of aromatic nitrogens is 2. The lowest BCUT2D eigenvalue weighted by Gasteiger charge is -2.25. The fourth-order valence-electron chi connectivity index (χ4n) is 5.57. The number of amides is 1. The average Bonchev–Trinajstić information content (AvgIpc) is 3.39. The van der Waals surface area contributed by atoms with Crippen LogP contribution in [0.1, 0.15) is 71.4 Å². The highest BCUT2D eigenvalue weighted by Crippen LogP contribution is 2.47. The first kappa shape index (κ1) is 46.2. The van der Waals surface area contributed by atoms with E-state index in [9.17, 15) is 24.1 Å². The van der Waals surface area contributed by atoms with E-state index in [2.05, 4.69) is 78.1 Å². The summed E-state index contributed by atoms with van der Waals surface area (Å²) in [4.78, 5) is 40.1. The second-order valence-electron chi connectivity index (χ2n) is 13.5. The van der Waals surface area contributed by atoms with Crippen molar-refractivity contribution in [1.29, 1.82) is 0 Å². The lowest BCUT2D eigenvalue weighted by atomic mass is 9.98. The normalized spacial score (nSPS) is 21.4. The van der Waals surface area contributed by atoms with Crippen LogP contribution in [0.2, 0.25) is 0 Å². The van der Waals surface area contributed by atoms with E-state index in [0.29, 0.717) is 26.1 Å². The standard InChI is InChI=1S/C41H59FN5O8P/c1-4-5-6-7-8-9-10-11-12-13-14-15-16-17-18-19-23-26-36(48)43-28-31-46(3)32-29-44-56(52,55-34-24-21-20-22-25-34)53-33-35-38(50)41(2,42)39(54-35)47-30-27-37(49)45-40(47)51/h5-6,8-9,11-12,14-15,17-18,20-22,24-25,27,30,35,38-39,50H,4,7,10,13,16,19,23,26,28-29,31-33H2,1-3H3,(H,43,48)(H,44,52)(H,45,49,51)/b6-5-,9-8-,12-11-,15-14-,18-17-/t35-,38-,39?,41-,56?/m1/s1. The number of halogens is 1. The molecule has 1 aliphatic rings. The molecule has 1 fully saturated rings. The molecular weight excluding hydrogens is 740 g/mol. The number of nitrogens with zero attached hydrogens (tertiary/aromatic N) is 2. The number of alkyl halides is 1. The van der Waals surface area contributed by atoms with Gasteiger partial charge in [0.1, 0.15) is 18.0 Å². The van der Waals surface area contributed by atoms with Gasteiger partial charge in [-0.1, -0.05) is 85.9 Å². The fraction of sp³-hybridized carbons (Fsp3) is 0.488. The molecule has 5 atom stereocenters. The summed E-state index contributed by atoms with van der Waals surface area (Å²) < 4.78 is 47.4. The van der Waals surface area contributed by atoms with E-state index in [4.69, 9.17) is 13.8 Å². The smallest absolute Gasteiger partial charge is 0.413 e. The second kappa shape index (κ2) is 25.2. The van der Waals surface area contributed by atoms with Crippen LogP contribution in [0.3, 0.4) is 0 Å². The van der Waals surface area contributed by atoms with Gasteiger partial charge in [-0.05, 0) is 71.0 Å². The SMILES string of the molecule is CC/C=C\C/C=C\C/C=C\C/C=C\C/C=C\CCCC(=O)NCCN(C)CCNP(=O)(OC[C@H]1OC(n2ccc(=O)[nH]c2=O)[C@](C)(F)[C@@H]1O)Oc1ccccc1. The molecule has 56 heavy (non-hydrogen) atoms. The first-order valence-corrected chi connectivity index (χ1v) is 20.8. The summed E-state index contributed by atoms with van der Waals surface area (Å²) in [6.07, 6.45) is 24.8. The number of aromatic amines is 1. The third-order valence-electron chi connectivity index (χ3n) is 8.75. The Bertz CT molecular complexity index is 1770. The van der Waals surface area contributed by atoms with Crippen LogP contribution < -0.4 is 26.2 Å². The summed E-state index contributed by atoms with van der Waals surface area (Å²) in [6.45, 7) is 4.19. The summed E-state index contributed by atoms with van der Waals surface area (Å²) >= 11 is 0. The Morgan fingerprint density at radius 3 is 2.21 bits per heavy atom. The summed E-state index contributed by atoms with van der Waals surface area (Å²) in [5.41, 5.74) is -4.04. The third-order valence-corrected chi connectivity index (χ3v) is 10.3. The molecule has 0 bridgehead atoms. The second-order valence-corrected chi connectivity index (χ2v) is 15.3. The number of carbonyl (C=O) groups is 1. The van der Waals surface area contributed by atoms with Crippen LogP contribution >= 0.6 is 7.75 Å². The van der Waals surface area contributed by atoms with Crippen LogP contribution in [0.5, 0.6) is 5.75 Å². The molecule has 0 aliphatic carbocycles. The van der Waals surface area contributed by atoms with Gasteiger partial charge in [0.05, 0.1) is 6.61 Å². The Hall–Kier alpha value is -4.17. The lowest BCUT2D eigenvalue weighted by Crippen LogP contribution is -2.43. The highest BCUT2D eigenvalue weighted by Gasteiger charge is 2.55. The number of rotatable bonds is 26. The molecular formula is C41H59FN5O8P. The molecule has 0 saturated carbocycles. The Kier molecular flexibility index (Phi) is 20.8. The summed E-state index contributed by atoms with van der Waals surface area (Å²) in [6, 6.07) is 9.36. The summed E-state index contributed by atoms with van der Waals surface area (Å²) in [7, 11) is -2.25. The van der Waals surface area contributed by atoms with Gasteiger partial charge in [-0.3, -0.25) is 23.7 Å². The Balaban J connectivity index is 1.34. The van der Waals surface area contributed by atoms with Crippen LogP contribution in [0, 0.1) is 0 Å². The number of benzene rings is 1. The molecule has 0 spiro atoms. The molecule has 1 aromatic heterocycles. The van der Waals surface area contributed by atoms with Crippen molar-refractivity contribution in [2.75, 3.05) is 39.8 Å². The number of hydrogen-bond acceptors (Lipinski definition) is 9. The Labute approximate surface area is 329 Å². The number of aliphatic hydroxyl groups is 1. The van der Waals surface area contributed by atoms with Crippen LogP contribution in [0.25, 0.3) is 0 Å². The number of para-hydroxylation sites is 1. The van der Waals surface area contributed by atoms with Crippen LogP contribution in [-0.4, -0.2) is 83.2 Å². The number of allylic oxidation sites excluding steroid dienone is 10. The summed E-state index contributed by atoms with van der Waals surface area (Å²) in [5, 5.41) is 16.5. The predicted octanol–water partition coefficient (Wildman–Crippen LogP) is 6.29. The first-order chi connectivity index (χ1) is 26.9. The minimum absolute atomic E-state index is 0.0219. The molecule has 2 heterocycles. The zero-order valence-electron chi connectivity index (χ0n) is 32.8. The van der Waals surface area contributed by atoms with Crippen molar-refractivity contribution in [3.8, 4) is 5.75 Å². The molecule has 1 aromatic carbocycles. The fourth-order valence-corrected chi connectivity index (χ4v) is 6.90. The Morgan fingerprint density at radius 1 is 0.982 bits per heavy atom. The van der Waals surface area contributed by atoms with Gasteiger partial charge in [-0.15, -0.1) is 0 Å². The van der Waals surface area contributed by atoms with Crippen LogP contribution in [0.15, 0.2) is 113 Å². The zero-order valence-corrected chi connectivity index (χ0v) is 33.7. The van der Waals surface area contributed by atoms with Crippen molar-refractivity contribution in [2.45, 2.75) is 89.3 Å². The van der Waals surface area contributed by atoms with E-state index in [1.54, 1.807) is 30.3 Å². The number of carbonyl (C=O) groups excluding carboxylic acids is 1. The van der Waals surface area contributed by atoms with Crippen molar-refractivity contribution < 1.29 is 32.6 Å². The van der Waals surface area contributed by atoms with Gasteiger partial charge < -0.3 is 24.6 Å². The van der Waals surface area contributed by atoms with E-state index < -0.39 is 49.7 Å². The van der Waals surface area contributed by atoms with E-state index in [1.807, 2.05) is 16.9 Å². The van der Waals surface area contributed by atoms with E-state index in [-0.39, 0.29) is 18.2 Å². The molecule has 2 aromatic rings. The topological polar surface area (TPSA) is 164 Å². The maximum atomic E-state index is 15.7. The van der Waals surface area contributed by atoms with Crippen molar-refractivity contribution in [1.82, 2.24) is 24.9 Å². The lowest BCUT2D eigenvalue weighted by molar-refractivity contribution is -0.121. The number of hydrogen-bond donors (Lipinski definition) is 4. The molecule has 3 rings (SSSR count). The van der Waals surface area contributed by atoms with Crippen LogP contribution in [-0.2, 0) is 18.6 Å². The van der Waals surface area contributed by atoms with Gasteiger partial charge in [0.25, 0.3) is 5.56 Å². The van der Waals surface area contributed by atoms with Gasteiger partial charge in [-0.2, -0.15) is 0 Å². The highest BCUT2D eigenvalue weighted by atomic mass is 31.2.